The highest BCUT2D eigenvalue weighted by Crippen LogP contribution is 2.25. The zero-order valence-corrected chi connectivity index (χ0v) is 20.0. The van der Waals surface area contributed by atoms with E-state index in [4.69, 9.17) is 4.74 Å². The molecule has 0 radical (unpaired) electrons. The van der Waals surface area contributed by atoms with Crippen LogP contribution in [0.2, 0.25) is 0 Å². The lowest BCUT2D eigenvalue weighted by Gasteiger charge is -2.16. The molecular formula is C26H24FN7O3. The summed E-state index contributed by atoms with van der Waals surface area (Å²) in [6, 6.07) is 12.6. The van der Waals surface area contributed by atoms with Crippen LogP contribution < -0.4 is 20.9 Å². The van der Waals surface area contributed by atoms with Gasteiger partial charge in [0.1, 0.15) is 23.1 Å². The minimum atomic E-state index is -0.451. The van der Waals surface area contributed by atoms with E-state index in [2.05, 4.69) is 25.6 Å². The van der Waals surface area contributed by atoms with Crippen LogP contribution in [0.5, 0.6) is 11.5 Å². The minimum absolute atomic E-state index is 0.182. The molecule has 1 aromatic carbocycles. The number of likely N-dealkylation sites (tertiary alicyclic amines) is 1. The number of ether oxygens (including phenoxy) is 1. The summed E-state index contributed by atoms with van der Waals surface area (Å²) >= 11 is 0. The summed E-state index contributed by atoms with van der Waals surface area (Å²) < 4.78 is 21.1. The van der Waals surface area contributed by atoms with E-state index in [0.717, 1.165) is 25.9 Å². The van der Waals surface area contributed by atoms with Crippen LogP contribution in [0.15, 0.2) is 71.9 Å². The molecule has 0 aliphatic carbocycles. The fraction of sp³-hybridized carbons (Fsp3) is 0.192. The van der Waals surface area contributed by atoms with Gasteiger partial charge in [-0.15, -0.1) is 0 Å². The topological polar surface area (TPSA) is 114 Å². The molecule has 37 heavy (non-hydrogen) atoms. The van der Waals surface area contributed by atoms with Gasteiger partial charge in [-0.2, -0.15) is 0 Å². The van der Waals surface area contributed by atoms with E-state index >= 15 is 0 Å². The van der Waals surface area contributed by atoms with Crippen molar-refractivity contribution in [3.05, 3.63) is 83.3 Å². The third-order valence-corrected chi connectivity index (χ3v) is 5.90. The van der Waals surface area contributed by atoms with Gasteiger partial charge in [0.05, 0.1) is 23.1 Å². The quantitative estimate of drug-likeness (QED) is 0.399. The number of amides is 2. The molecule has 4 heterocycles. The standard InChI is InChI=1S/C26H24FN7O3/c1-33-24(35)19(16-30-25(33)31-22-7-3-2-6-20(22)27)21-9-8-18(15-29-21)37-17-10-11-28-23(14-17)32-26(36)34-12-4-5-13-34/h2-3,6-11,14-16H,4-5,12-13H2,1H3,(H,30,31)(H,28,32,36). The molecule has 10 nitrogen and oxygen atoms in total. The van der Waals surface area contributed by atoms with Gasteiger partial charge in [0.15, 0.2) is 0 Å². The first-order valence-electron chi connectivity index (χ1n) is 11.7. The summed E-state index contributed by atoms with van der Waals surface area (Å²) in [7, 11) is 1.54. The second-order valence-corrected chi connectivity index (χ2v) is 8.45. The van der Waals surface area contributed by atoms with Crippen molar-refractivity contribution in [2.45, 2.75) is 12.8 Å². The summed E-state index contributed by atoms with van der Waals surface area (Å²) in [5, 5.41) is 5.62. The number of aromatic nitrogens is 4. The first kappa shape index (κ1) is 23.9. The molecule has 1 saturated heterocycles. The van der Waals surface area contributed by atoms with Crippen LogP contribution in [0.1, 0.15) is 12.8 Å². The lowest BCUT2D eigenvalue weighted by Crippen LogP contribution is -2.32. The second-order valence-electron chi connectivity index (χ2n) is 8.45. The summed E-state index contributed by atoms with van der Waals surface area (Å²) in [6.07, 6.45) is 6.44. The van der Waals surface area contributed by atoms with Crippen LogP contribution in [-0.4, -0.2) is 43.5 Å². The normalized spacial score (nSPS) is 12.9. The lowest BCUT2D eigenvalue weighted by molar-refractivity contribution is 0.222. The van der Waals surface area contributed by atoms with Gasteiger partial charge in [0.25, 0.3) is 5.56 Å². The molecule has 1 fully saturated rings. The third-order valence-electron chi connectivity index (χ3n) is 5.90. The Morgan fingerprint density at radius 3 is 2.57 bits per heavy atom. The van der Waals surface area contributed by atoms with Crippen LogP contribution in [0, 0.1) is 5.82 Å². The number of pyridine rings is 2. The predicted molar refractivity (Wildman–Crippen MR) is 137 cm³/mol. The van der Waals surface area contributed by atoms with Crippen molar-refractivity contribution in [2.75, 3.05) is 23.7 Å². The van der Waals surface area contributed by atoms with E-state index in [1.54, 1.807) is 60.6 Å². The Bertz CT molecular complexity index is 1480. The molecule has 5 rings (SSSR count). The smallest absolute Gasteiger partial charge is 0.323 e. The number of anilines is 3. The molecule has 1 aliphatic heterocycles. The molecule has 1 aliphatic rings. The highest BCUT2D eigenvalue weighted by molar-refractivity contribution is 5.88. The number of rotatable bonds is 6. The lowest BCUT2D eigenvalue weighted by atomic mass is 10.2. The van der Waals surface area contributed by atoms with Crippen molar-refractivity contribution in [1.82, 2.24) is 24.4 Å². The Balaban J connectivity index is 1.28. The zero-order chi connectivity index (χ0) is 25.8. The van der Waals surface area contributed by atoms with Crippen LogP contribution in [0.25, 0.3) is 11.3 Å². The number of nitrogens with one attached hydrogen (secondary N) is 2. The van der Waals surface area contributed by atoms with Gasteiger partial charge < -0.3 is 15.0 Å². The average molecular weight is 502 g/mol. The Labute approximate surface area is 211 Å². The Morgan fingerprint density at radius 1 is 1.00 bits per heavy atom. The van der Waals surface area contributed by atoms with Gasteiger partial charge in [-0.3, -0.25) is 19.7 Å². The number of hydrogen-bond acceptors (Lipinski definition) is 7. The summed E-state index contributed by atoms with van der Waals surface area (Å²) in [4.78, 5) is 39.8. The maximum absolute atomic E-state index is 14.0. The largest absolute Gasteiger partial charge is 0.456 e. The Morgan fingerprint density at radius 2 is 1.81 bits per heavy atom. The van der Waals surface area contributed by atoms with Crippen molar-refractivity contribution < 1.29 is 13.9 Å². The highest BCUT2D eigenvalue weighted by atomic mass is 19.1. The number of hydrogen-bond donors (Lipinski definition) is 2. The van der Waals surface area contributed by atoms with Gasteiger partial charge in [-0.1, -0.05) is 12.1 Å². The molecule has 0 saturated carbocycles. The number of carbonyl (C=O) groups excluding carboxylic acids is 1. The molecule has 2 amide bonds. The Kier molecular flexibility index (Phi) is 6.75. The fourth-order valence-electron chi connectivity index (χ4n) is 3.91. The Hall–Kier alpha value is -4.80. The van der Waals surface area contributed by atoms with Gasteiger partial charge in [-0.25, -0.2) is 19.2 Å². The third kappa shape index (κ3) is 5.40. The number of urea groups is 1. The minimum Gasteiger partial charge on any atom is -0.456 e. The van der Waals surface area contributed by atoms with Crippen molar-refractivity contribution in [2.24, 2.45) is 7.05 Å². The number of benzene rings is 1. The van der Waals surface area contributed by atoms with Crippen LogP contribution in [0.4, 0.5) is 26.6 Å². The maximum Gasteiger partial charge on any atom is 0.323 e. The van der Waals surface area contributed by atoms with Crippen molar-refractivity contribution in [3.8, 4) is 22.8 Å². The van der Waals surface area contributed by atoms with Crippen molar-refractivity contribution in [1.29, 1.82) is 0 Å². The van der Waals surface area contributed by atoms with Crippen LogP contribution in [-0.2, 0) is 7.05 Å². The predicted octanol–water partition coefficient (Wildman–Crippen LogP) is 4.54. The van der Waals surface area contributed by atoms with Crippen LogP contribution in [0.3, 0.4) is 0 Å². The number of carbonyl (C=O) groups is 1. The van der Waals surface area contributed by atoms with E-state index in [-0.39, 0.29) is 28.8 Å². The second kappa shape index (κ2) is 10.4. The van der Waals surface area contributed by atoms with E-state index < -0.39 is 5.82 Å². The summed E-state index contributed by atoms with van der Waals surface area (Å²) in [5.74, 6) is 1.05. The zero-order valence-electron chi connectivity index (χ0n) is 20.0. The monoisotopic (exact) mass is 501 g/mol. The highest BCUT2D eigenvalue weighted by Gasteiger charge is 2.18. The van der Waals surface area contributed by atoms with Gasteiger partial charge in [0.2, 0.25) is 5.95 Å². The summed E-state index contributed by atoms with van der Waals surface area (Å²) in [6.45, 7) is 1.48. The fourth-order valence-corrected chi connectivity index (χ4v) is 3.91. The first-order valence-corrected chi connectivity index (χ1v) is 11.7. The molecule has 0 spiro atoms. The van der Waals surface area contributed by atoms with E-state index in [1.807, 2.05) is 0 Å². The maximum atomic E-state index is 14.0. The van der Waals surface area contributed by atoms with Gasteiger partial charge in [0, 0.05) is 38.6 Å². The molecule has 2 N–H and O–H groups in total. The number of para-hydroxylation sites is 1. The SMILES string of the molecule is Cn1c(Nc2ccccc2F)ncc(-c2ccc(Oc3ccnc(NC(=O)N4CCCC4)c3)cn2)c1=O. The van der Waals surface area contributed by atoms with E-state index in [0.29, 0.717) is 23.0 Å². The number of halogens is 1. The molecule has 0 bridgehead atoms. The molecule has 188 valence electrons. The molecule has 0 atom stereocenters. The van der Waals surface area contributed by atoms with E-state index in [1.165, 1.54) is 23.0 Å². The number of nitrogens with zero attached hydrogens (tertiary/aromatic N) is 5. The molecule has 11 heteroatoms. The molecule has 0 unspecified atom stereocenters. The molecule has 4 aromatic rings. The van der Waals surface area contributed by atoms with Crippen molar-refractivity contribution in [3.63, 3.8) is 0 Å². The van der Waals surface area contributed by atoms with Gasteiger partial charge >= 0.3 is 6.03 Å². The first-order chi connectivity index (χ1) is 18.0. The average Bonchev–Trinajstić information content (AvgIpc) is 3.45. The van der Waals surface area contributed by atoms with E-state index in [9.17, 15) is 14.0 Å². The molecular weight excluding hydrogens is 477 g/mol. The van der Waals surface area contributed by atoms with Crippen LogP contribution >= 0.6 is 0 Å². The van der Waals surface area contributed by atoms with Gasteiger partial charge in [-0.05, 0) is 43.2 Å². The molecule has 3 aromatic heterocycles. The summed E-state index contributed by atoms with van der Waals surface area (Å²) in [5.41, 5.74) is 0.560. The van der Waals surface area contributed by atoms with Crippen molar-refractivity contribution >= 4 is 23.5 Å².